The van der Waals surface area contributed by atoms with E-state index in [0.29, 0.717) is 12.6 Å². The highest BCUT2D eigenvalue weighted by molar-refractivity contribution is 14.0. The first-order valence-corrected chi connectivity index (χ1v) is 9.27. The molecule has 0 saturated heterocycles. The lowest BCUT2D eigenvalue weighted by Gasteiger charge is -2.59. The molecule has 0 amide bonds. The highest BCUT2D eigenvalue weighted by atomic mass is 127. The smallest absolute Gasteiger partial charge is 0.191 e. The molecular weight excluding hydrogens is 435 g/mol. The van der Waals surface area contributed by atoms with Gasteiger partial charge in [0.25, 0.3) is 0 Å². The van der Waals surface area contributed by atoms with E-state index in [9.17, 15) is 0 Å². The molecule has 1 aliphatic carbocycles. The van der Waals surface area contributed by atoms with Gasteiger partial charge >= 0.3 is 0 Å². The summed E-state index contributed by atoms with van der Waals surface area (Å²) in [6, 6.07) is 0.354. The van der Waals surface area contributed by atoms with Crippen LogP contribution in [-0.2, 0) is 17.7 Å². The summed E-state index contributed by atoms with van der Waals surface area (Å²) in [7, 11) is 1.80. The van der Waals surface area contributed by atoms with Crippen LogP contribution >= 0.6 is 35.3 Å². The van der Waals surface area contributed by atoms with Gasteiger partial charge in [0.15, 0.2) is 5.96 Å². The number of halogens is 1. The van der Waals surface area contributed by atoms with Crippen LogP contribution in [0.4, 0.5) is 0 Å². The first-order chi connectivity index (χ1) is 10.9. The zero-order valence-corrected chi connectivity index (χ0v) is 18.7. The van der Waals surface area contributed by atoms with Gasteiger partial charge in [-0.25, -0.2) is 9.98 Å². The second-order valence-corrected chi connectivity index (χ2v) is 7.78. The number of nitrogens with one attached hydrogen (secondary N) is 2. The average Bonchev–Trinajstić information content (AvgIpc) is 3.00. The van der Waals surface area contributed by atoms with Crippen LogP contribution in [-0.4, -0.2) is 36.2 Å². The Bertz CT molecular complexity index is 561. The van der Waals surface area contributed by atoms with E-state index in [1.165, 1.54) is 5.01 Å². The predicted octanol–water partition coefficient (Wildman–Crippen LogP) is 3.58. The van der Waals surface area contributed by atoms with Crippen LogP contribution in [0.2, 0.25) is 0 Å². The molecule has 24 heavy (non-hydrogen) atoms. The number of aliphatic imine (C=N–C) groups is 1. The Morgan fingerprint density at radius 2 is 2.12 bits per heavy atom. The summed E-state index contributed by atoms with van der Waals surface area (Å²) < 4.78 is 5.70. The van der Waals surface area contributed by atoms with Crippen LogP contribution in [0.1, 0.15) is 51.7 Å². The molecule has 1 aliphatic rings. The summed E-state index contributed by atoms with van der Waals surface area (Å²) in [6.45, 7) is 12.3. The third-order valence-corrected chi connectivity index (χ3v) is 6.28. The number of methoxy groups -OCH3 is 1. The van der Waals surface area contributed by atoms with Crippen molar-refractivity contribution in [1.82, 2.24) is 15.6 Å². The maximum Gasteiger partial charge on any atom is 0.191 e. The molecule has 7 heteroatoms. The van der Waals surface area contributed by atoms with Crippen molar-refractivity contribution >= 4 is 41.3 Å². The molecule has 1 heterocycles. The number of rotatable bonds is 6. The number of aromatic nitrogens is 1. The van der Waals surface area contributed by atoms with E-state index in [4.69, 9.17) is 9.73 Å². The van der Waals surface area contributed by atoms with Crippen molar-refractivity contribution in [2.75, 3.05) is 13.7 Å². The van der Waals surface area contributed by atoms with Crippen LogP contribution in [0.5, 0.6) is 0 Å². The standard InChI is InChI=1S/C17H30N4OS.HI/c1-7-14-20-12(11-23-14)10-19-15(18-8-2)21-13-9-17(5,22-6)16(13,3)4;/h11,13H,7-10H2,1-6H3,(H2,18,19,21);1H. The Hall–Kier alpha value is -0.410. The number of guanidine groups is 1. The normalized spacial score (nSPS) is 25.6. The van der Waals surface area contributed by atoms with Gasteiger partial charge in [-0.1, -0.05) is 20.8 Å². The number of thiazole rings is 1. The van der Waals surface area contributed by atoms with Crippen molar-refractivity contribution < 1.29 is 4.74 Å². The van der Waals surface area contributed by atoms with Gasteiger partial charge < -0.3 is 15.4 Å². The largest absolute Gasteiger partial charge is 0.378 e. The van der Waals surface area contributed by atoms with Gasteiger partial charge in [0.05, 0.1) is 22.8 Å². The lowest BCUT2D eigenvalue weighted by atomic mass is 9.56. The van der Waals surface area contributed by atoms with Crippen molar-refractivity contribution in [3.05, 3.63) is 16.1 Å². The van der Waals surface area contributed by atoms with Crippen LogP contribution in [0.3, 0.4) is 0 Å². The second-order valence-electron chi connectivity index (χ2n) is 6.84. The fraction of sp³-hybridized carbons (Fsp3) is 0.765. The molecule has 1 aromatic heterocycles. The first kappa shape index (κ1) is 21.6. The third-order valence-electron chi connectivity index (χ3n) is 5.23. The quantitative estimate of drug-likeness (QED) is 0.382. The SMILES string of the molecule is CCNC(=NCc1csc(CC)n1)NC1CC(C)(OC)C1(C)C.I. The van der Waals surface area contributed by atoms with Gasteiger partial charge in [-0.05, 0) is 26.7 Å². The second kappa shape index (κ2) is 8.80. The summed E-state index contributed by atoms with van der Waals surface area (Å²) in [5.74, 6) is 0.856. The van der Waals surface area contributed by atoms with E-state index in [1.54, 1.807) is 18.4 Å². The molecule has 0 aromatic carbocycles. The molecule has 5 nitrogen and oxygen atoms in total. The predicted molar refractivity (Wildman–Crippen MR) is 112 cm³/mol. The van der Waals surface area contributed by atoms with E-state index >= 15 is 0 Å². The molecule has 0 aliphatic heterocycles. The number of hydrogen-bond acceptors (Lipinski definition) is 4. The Labute approximate surface area is 167 Å². The van der Waals surface area contributed by atoms with E-state index in [-0.39, 0.29) is 35.0 Å². The zero-order valence-electron chi connectivity index (χ0n) is 15.6. The van der Waals surface area contributed by atoms with Crippen molar-refractivity contribution in [3.63, 3.8) is 0 Å². The topological polar surface area (TPSA) is 58.5 Å². The lowest BCUT2D eigenvalue weighted by molar-refractivity contribution is -0.176. The van der Waals surface area contributed by atoms with Gasteiger partial charge in [0.2, 0.25) is 0 Å². The van der Waals surface area contributed by atoms with Crippen LogP contribution in [0.25, 0.3) is 0 Å². The van der Waals surface area contributed by atoms with E-state index < -0.39 is 0 Å². The zero-order chi connectivity index (χ0) is 17.1. The Morgan fingerprint density at radius 1 is 1.42 bits per heavy atom. The summed E-state index contributed by atoms with van der Waals surface area (Å²) in [5.41, 5.74) is 1.03. The van der Waals surface area contributed by atoms with Gasteiger partial charge in [0, 0.05) is 30.5 Å². The van der Waals surface area contributed by atoms with Crippen LogP contribution in [0.15, 0.2) is 10.4 Å². The molecule has 2 rings (SSSR count). The number of hydrogen-bond donors (Lipinski definition) is 2. The minimum atomic E-state index is -0.0765. The van der Waals surface area contributed by atoms with Crippen molar-refractivity contribution in [3.8, 4) is 0 Å². The Morgan fingerprint density at radius 3 is 2.62 bits per heavy atom. The number of ether oxygens (including phenoxy) is 1. The molecule has 138 valence electrons. The maximum atomic E-state index is 5.70. The fourth-order valence-corrected chi connectivity index (χ4v) is 3.69. The van der Waals surface area contributed by atoms with E-state index in [2.05, 4.69) is 55.6 Å². The van der Waals surface area contributed by atoms with Crippen molar-refractivity contribution in [2.45, 2.75) is 65.6 Å². The molecule has 0 bridgehead atoms. The maximum absolute atomic E-state index is 5.70. The molecule has 2 atom stereocenters. The molecule has 2 unspecified atom stereocenters. The molecule has 2 N–H and O–H groups in total. The number of nitrogens with zero attached hydrogens (tertiary/aromatic N) is 2. The molecular formula is C17H31IN4OS. The monoisotopic (exact) mass is 466 g/mol. The Kier molecular flexibility index (Phi) is 7.93. The van der Waals surface area contributed by atoms with Crippen molar-refractivity contribution in [1.29, 1.82) is 0 Å². The summed E-state index contributed by atoms with van der Waals surface area (Å²) in [6.07, 6.45) is 1.97. The Balaban J connectivity index is 0.00000288. The molecule has 1 saturated carbocycles. The first-order valence-electron chi connectivity index (χ1n) is 8.39. The summed E-state index contributed by atoms with van der Waals surface area (Å²) in [5, 5.41) is 10.2. The average molecular weight is 466 g/mol. The minimum Gasteiger partial charge on any atom is -0.378 e. The molecule has 0 radical (unpaired) electrons. The minimum absolute atomic E-state index is 0. The highest BCUT2D eigenvalue weighted by Gasteiger charge is 2.58. The van der Waals surface area contributed by atoms with Crippen molar-refractivity contribution in [2.24, 2.45) is 10.4 Å². The van der Waals surface area contributed by atoms with E-state index in [1.807, 2.05) is 0 Å². The van der Waals surface area contributed by atoms with Crippen LogP contribution < -0.4 is 10.6 Å². The van der Waals surface area contributed by atoms with E-state index in [0.717, 1.165) is 31.0 Å². The van der Waals surface area contributed by atoms with Gasteiger partial charge in [-0.2, -0.15) is 0 Å². The third kappa shape index (κ3) is 4.40. The highest BCUT2D eigenvalue weighted by Crippen LogP contribution is 2.51. The van der Waals surface area contributed by atoms with Gasteiger partial charge in [-0.3, -0.25) is 0 Å². The fourth-order valence-electron chi connectivity index (χ4n) is 2.95. The summed E-state index contributed by atoms with van der Waals surface area (Å²) >= 11 is 1.71. The molecule has 0 spiro atoms. The molecule has 1 aromatic rings. The van der Waals surface area contributed by atoms with Crippen LogP contribution in [0, 0.1) is 5.41 Å². The lowest BCUT2D eigenvalue weighted by Crippen LogP contribution is -2.69. The number of aryl methyl sites for hydroxylation is 1. The molecule has 1 fully saturated rings. The summed E-state index contributed by atoms with van der Waals surface area (Å²) in [4.78, 5) is 9.27. The van der Waals surface area contributed by atoms with Gasteiger partial charge in [-0.15, -0.1) is 35.3 Å². The van der Waals surface area contributed by atoms with Gasteiger partial charge in [0.1, 0.15) is 0 Å².